The largest absolute Gasteiger partial charge is 0.509 e. The third kappa shape index (κ3) is 1.39. The molecule has 0 aromatic rings. The molecule has 86 valence electrons. The molecule has 2 bridgehead atoms. The molecule has 4 N–H and O–H groups in total. The lowest BCUT2D eigenvalue weighted by Crippen LogP contribution is -2.69. The molecule has 0 unspecified atom stereocenters. The molecule has 1 saturated heterocycles. The summed E-state index contributed by atoms with van der Waals surface area (Å²) in [5.74, 6) is 0. The molecular formula is C8H12O7. The highest BCUT2D eigenvalue weighted by Crippen LogP contribution is 2.37. The van der Waals surface area contributed by atoms with Crippen molar-refractivity contribution in [3.05, 3.63) is 0 Å². The fraction of sp³-hybridized carbons (Fsp3) is 0.875. The van der Waals surface area contributed by atoms with Crippen molar-refractivity contribution < 1.29 is 34.7 Å². The third-order valence-electron chi connectivity index (χ3n) is 2.94. The number of carbonyl (C=O) groups is 1. The summed E-state index contributed by atoms with van der Waals surface area (Å²) in [5.41, 5.74) is -1.57. The van der Waals surface area contributed by atoms with Gasteiger partial charge in [-0.3, -0.25) is 0 Å². The van der Waals surface area contributed by atoms with Gasteiger partial charge in [0.25, 0.3) is 0 Å². The van der Waals surface area contributed by atoms with Crippen LogP contribution in [0.3, 0.4) is 0 Å². The van der Waals surface area contributed by atoms with E-state index in [1.807, 2.05) is 0 Å². The van der Waals surface area contributed by atoms with Crippen LogP contribution in [-0.4, -0.2) is 63.2 Å². The maximum absolute atomic E-state index is 11.0. The number of hydrogen-bond acceptors (Lipinski definition) is 7. The van der Waals surface area contributed by atoms with Crippen molar-refractivity contribution in [2.24, 2.45) is 0 Å². The van der Waals surface area contributed by atoms with Gasteiger partial charge in [0.05, 0.1) is 6.61 Å². The van der Waals surface area contributed by atoms with Crippen molar-refractivity contribution in [1.82, 2.24) is 0 Å². The van der Waals surface area contributed by atoms with Crippen molar-refractivity contribution in [3.63, 3.8) is 0 Å². The summed E-state index contributed by atoms with van der Waals surface area (Å²) in [6.45, 7) is -0.635. The summed E-state index contributed by atoms with van der Waals surface area (Å²) in [7, 11) is 0. The first-order valence-electron chi connectivity index (χ1n) is 4.55. The molecule has 7 heteroatoms. The van der Waals surface area contributed by atoms with Crippen LogP contribution in [0.25, 0.3) is 0 Å². The van der Waals surface area contributed by atoms with Gasteiger partial charge < -0.3 is 29.9 Å². The topological polar surface area (TPSA) is 116 Å². The van der Waals surface area contributed by atoms with Crippen molar-refractivity contribution in [2.45, 2.75) is 36.4 Å². The Balaban J connectivity index is 2.32. The number of hydrogen-bond donors (Lipinski definition) is 4. The fourth-order valence-electron chi connectivity index (χ4n) is 2.02. The Morgan fingerprint density at radius 1 is 1.33 bits per heavy atom. The molecule has 1 aliphatic heterocycles. The molecular weight excluding hydrogens is 208 g/mol. The van der Waals surface area contributed by atoms with E-state index in [4.69, 9.17) is 9.84 Å². The Bertz CT molecular complexity index is 280. The molecule has 1 aliphatic carbocycles. The van der Waals surface area contributed by atoms with Crippen molar-refractivity contribution in [1.29, 1.82) is 0 Å². The summed E-state index contributed by atoms with van der Waals surface area (Å²) in [5, 5.41) is 37.6. The standard InChI is InChI=1S/C8H12O7/c9-2-8-1-3(14-7(13)15-8)4(10)5(11)6(8)12/h3-6,9-12H,1-2H2/t3-,4+,5-,6+,8+/m1/s1. The minimum Gasteiger partial charge on any atom is -0.428 e. The van der Waals surface area contributed by atoms with E-state index in [2.05, 4.69) is 4.74 Å². The lowest BCUT2D eigenvalue weighted by molar-refractivity contribution is -0.264. The number of fused-ring (bicyclic) bond motifs is 2. The number of ether oxygens (including phenoxy) is 2. The molecule has 0 aromatic heterocycles. The Morgan fingerprint density at radius 3 is 2.60 bits per heavy atom. The molecule has 1 heterocycles. The van der Waals surface area contributed by atoms with Crippen LogP contribution >= 0.6 is 0 Å². The van der Waals surface area contributed by atoms with Gasteiger partial charge in [-0.2, -0.15) is 0 Å². The number of aliphatic hydroxyl groups excluding tert-OH is 4. The predicted molar refractivity (Wildman–Crippen MR) is 43.8 cm³/mol. The van der Waals surface area contributed by atoms with Crippen molar-refractivity contribution in [3.8, 4) is 0 Å². The molecule has 2 aliphatic rings. The van der Waals surface area contributed by atoms with E-state index in [1.165, 1.54) is 0 Å². The molecule has 0 amide bonds. The highest BCUT2D eigenvalue weighted by atomic mass is 16.8. The summed E-state index contributed by atoms with van der Waals surface area (Å²) >= 11 is 0. The minimum atomic E-state index is -1.57. The van der Waals surface area contributed by atoms with Gasteiger partial charge in [0.2, 0.25) is 0 Å². The second-order valence-electron chi connectivity index (χ2n) is 3.86. The Hall–Kier alpha value is -0.890. The van der Waals surface area contributed by atoms with Gasteiger partial charge in [-0.25, -0.2) is 4.79 Å². The molecule has 2 rings (SSSR count). The molecule has 5 atom stereocenters. The van der Waals surface area contributed by atoms with Crippen LogP contribution < -0.4 is 0 Å². The van der Waals surface area contributed by atoms with Crippen molar-refractivity contribution in [2.75, 3.05) is 6.61 Å². The van der Waals surface area contributed by atoms with Crippen LogP contribution in [0.1, 0.15) is 6.42 Å². The molecule has 7 nitrogen and oxygen atoms in total. The van der Waals surface area contributed by atoms with Crippen LogP contribution in [0.2, 0.25) is 0 Å². The first-order chi connectivity index (χ1) is 7.00. The van der Waals surface area contributed by atoms with E-state index in [0.29, 0.717) is 0 Å². The van der Waals surface area contributed by atoms with E-state index < -0.39 is 42.8 Å². The zero-order valence-electron chi connectivity index (χ0n) is 7.74. The fourth-order valence-corrected chi connectivity index (χ4v) is 2.02. The zero-order chi connectivity index (χ0) is 11.2. The molecule has 0 spiro atoms. The second kappa shape index (κ2) is 3.31. The molecule has 1 saturated carbocycles. The number of carbonyl (C=O) groups excluding carboxylic acids is 1. The van der Waals surface area contributed by atoms with E-state index >= 15 is 0 Å². The average molecular weight is 220 g/mol. The maximum Gasteiger partial charge on any atom is 0.509 e. The van der Waals surface area contributed by atoms with Crippen LogP contribution in [0.4, 0.5) is 4.79 Å². The average Bonchev–Trinajstić information content (AvgIpc) is 2.23. The normalized spacial score (nSPS) is 49.5. The molecule has 0 aromatic carbocycles. The lowest BCUT2D eigenvalue weighted by Gasteiger charge is -2.49. The van der Waals surface area contributed by atoms with Crippen LogP contribution in [0.15, 0.2) is 0 Å². The van der Waals surface area contributed by atoms with Gasteiger partial charge in [-0.15, -0.1) is 0 Å². The second-order valence-corrected chi connectivity index (χ2v) is 3.86. The maximum atomic E-state index is 11.0. The van der Waals surface area contributed by atoms with Crippen molar-refractivity contribution >= 4 is 6.16 Å². The van der Waals surface area contributed by atoms with Crippen LogP contribution in [0, 0.1) is 0 Å². The van der Waals surface area contributed by atoms with Crippen LogP contribution in [0.5, 0.6) is 0 Å². The van der Waals surface area contributed by atoms with Crippen LogP contribution in [-0.2, 0) is 9.47 Å². The van der Waals surface area contributed by atoms with E-state index in [1.54, 1.807) is 0 Å². The predicted octanol–water partition coefficient (Wildman–Crippen LogP) is -2.26. The van der Waals surface area contributed by atoms with Gasteiger partial charge in [0.1, 0.15) is 24.4 Å². The Morgan fingerprint density at radius 2 is 2.00 bits per heavy atom. The number of rotatable bonds is 1. The molecule has 15 heavy (non-hydrogen) atoms. The summed E-state index contributed by atoms with van der Waals surface area (Å²) in [4.78, 5) is 11.0. The SMILES string of the molecule is O=C1O[C@@H]2C[C@@](CO)(O1)[C@@H](O)[C@H](O)[C@H]2O. The zero-order valence-corrected chi connectivity index (χ0v) is 7.74. The Kier molecular flexibility index (Phi) is 2.34. The monoisotopic (exact) mass is 220 g/mol. The summed E-state index contributed by atoms with van der Waals surface area (Å²) in [6, 6.07) is 0. The quantitative estimate of drug-likeness (QED) is 0.368. The van der Waals surface area contributed by atoms with E-state index in [0.717, 1.165) is 0 Å². The molecule has 2 fully saturated rings. The van der Waals surface area contributed by atoms with E-state index in [-0.39, 0.29) is 6.42 Å². The van der Waals surface area contributed by atoms with E-state index in [9.17, 15) is 20.1 Å². The van der Waals surface area contributed by atoms with Gasteiger partial charge in [-0.05, 0) is 0 Å². The van der Waals surface area contributed by atoms with Gasteiger partial charge in [0.15, 0.2) is 5.60 Å². The number of aliphatic hydroxyl groups is 4. The van der Waals surface area contributed by atoms with Gasteiger partial charge >= 0.3 is 6.16 Å². The first-order valence-corrected chi connectivity index (χ1v) is 4.55. The highest BCUT2D eigenvalue weighted by molar-refractivity contribution is 5.62. The van der Waals surface area contributed by atoms with Gasteiger partial charge in [-0.1, -0.05) is 0 Å². The summed E-state index contributed by atoms with van der Waals surface area (Å²) in [6.07, 6.45) is -6.48. The van der Waals surface area contributed by atoms with Gasteiger partial charge in [0, 0.05) is 6.42 Å². The Labute approximate surface area is 84.8 Å². The smallest absolute Gasteiger partial charge is 0.428 e. The highest BCUT2D eigenvalue weighted by Gasteiger charge is 2.59. The lowest BCUT2D eigenvalue weighted by atomic mass is 9.77. The third-order valence-corrected chi connectivity index (χ3v) is 2.94. The molecule has 0 radical (unpaired) electrons. The first kappa shape index (κ1) is 10.6. The minimum absolute atomic E-state index is 0.0470. The summed E-state index contributed by atoms with van der Waals surface area (Å²) < 4.78 is 9.31.